The molecule has 0 unspecified atom stereocenters. The van der Waals surface area contributed by atoms with Gasteiger partial charge in [-0.3, -0.25) is 9.79 Å². The van der Waals surface area contributed by atoms with Gasteiger partial charge in [-0.2, -0.15) is 0 Å². The fourth-order valence-corrected chi connectivity index (χ4v) is 3.63. The number of rotatable bonds is 6. The van der Waals surface area contributed by atoms with Crippen molar-refractivity contribution in [3.63, 3.8) is 0 Å². The number of hydrogen-bond donors (Lipinski definition) is 2. The van der Waals surface area contributed by atoms with Gasteiger partial charge in [0.2, 0.25) is 5.91 Å². The van der Waals surface area contributed by atoms with Gasteiger partial charge in [0.25, 0.3) is 0 Å². The molecule has 1 aliphatic heterocycles. The first-order valence-electron chi connectivity index (χ1n) is 8.63. The largest absolute Gasteiger partial charge is 0.356 e. The average molecular weight is 356 g/mol. The highest BCUT2D eigenvalue weighted by Crippen LogP contribution is 2.27. The van der Waals surface area contributed by atoms with E-state index >= 15 is 0 Å². The predicted molar refractivity (Wildman–Crippen MR) is 104 cm³/mol. The summed E-state index contributed by atoms with van der Waals surface area (Å²) in [6.07, 6.45) is 2.29. The topological polar surface area (TPSA) is 56.7 Å². The number of carbonyl (C=O) groups is 1. The van der Waals surface area contributed by atoms with Crippen molar-refractivity contribution >= 4 is 28.9 Å². The number of anilines is 1. The van der Waals surface area contributed by atoms with E-state index in [1.54, 1.807) is 18.4 Å². The normalized spacial score (nSPS) is 13.6. The van der Waals surface area contributed by atoms with Crippen molar-refractivity contribution in [2.75, 3.05) is 25.0 Å². The minimum atomic E-state index is 0.202. The first-order chi connectivity index (χ1) is 12.3. The van der Waals surface area contributed by atoms with Crippen LogP contribution in [0.25, 0.3) is 0 Å². The lowest BCUT2D eigenvalue weighted by molar-refractivity contribution is -0.118. The van der Waals surface area contributed by atoms with Gasteiger partial charge in [0, 0.05) is 37.1 Å². The molecule has 0 atom stereocenters. The molecule has 1 aliphatic rings. The zero-order valence-corrected chi connectivity index (χ0v) is 15.3. The molecule has 0 fully saturated rings. The van der Waals surface area contributed by atoms with Crippen LogP contribution in [0.3, 0.4) is 0 Å². The lowest BCUT2D eigenvalue weighted by atomic mass is 10.2. The van der Waals surface area contributed by atoms with Gasteiger partial charge in [0.1, 0.15) is 0 Å². The van der Waals surface area contributed by atoms with Gasteiger partial charge >= 0.3 is 0 Å². The number of aliphatic imine (C=N–C) groups is 1. The Morgan fingerprint density at radius 1 is 1.24 bits per heavy atom. The molecule has 0 saturated heterocycles. The van der Waals surface area contributed by atoms with Crippen molar-refractivity contribution in [2.24, 2.45) is 4.99 Å². The summed E-state index contributed by atoms with van der Waals surface area (Å²) in [5.41, 5.74) is 2.35. The molecule has 132 valence electrons. The molecule has 1 aromatic carbocycles. The number of benzene rings is 1. The Bertz CT molecular complexity index is 727. The Morgan fingerprint density at radius 3 is 2.92 bits per heavy atom. The minimum Gasteiger partial charge on any atom is -0.356 e. The van der Waals surface area contributed by atoms with E-state index in [-0.39, 0.29) is 5.91 Å². The maximum Gasteiger partial charge on any atom is 0.227 e. The van der Waals surface area contributed by atoms with Gasteiger partial charge < -0.3 is 15.5 Å². The van der Waals surface area contributed by atoms with Gasteiger partial charge in [-0.1, -0.05) is 24.3 Å². The molecular weight excluding hydrogens is 332 g/mol. The van der Waals surface area contributed by atoms with Crippen molar-refractivity contribution in [3.8, 4) is 0 Å². The highest BCUT2D eigenvalue weighted by molar-refractivity contribution is 7.09. The van der Waals surface area contributed by atoms with E-state index in [2.05, 4.69) is 33.1 Å². The van der Waals surface area contributed by atoms with Crippen molar-refractivity contribution in [2.45, 2.75) is 25.8 Å². The van der Waals surface area contributed by atoms with Crippen LogP contribution in [-0.4, -0.2) is 32.0 Å². The maximum absolute atomic E-state index is 12.5. The van der Waals surface area contributed by atoms with Gasteiger partial charge in [-0.05, 0) is 35.9 Å². The molecule has 0 saturated carbocycles. The molecule has 3 rings (SSSR count). The molecule has 2 aromatic rings. The summed E-state index contributed by atoms with van der Waals surface area (Å²) in [4.78, 5) is 19.9. The molecule has 0 radical (unpaired) electrons. The highest BCUT2D eigenvalue weighted by atomic mass is 32.1. The van der Waals surface area contributed by atoms with Gasteiger partial charge in [0.05, 0.1) is 6.54 Å². The number of carbonyl (C=O) groups excluding carboxylic acids is 1. The molecule has 0 spiro atoms. The third-order valence-corrected chi connectivity index (χ3v) is 5.16. The lowest BCUT2D eigenvalue weighted by Gasteiger charge is -2.17. The van der Waals surface area contributed by atoms with Crippen LogP contribution in [0.4, 0.5) is 5.69 Å². The molecule has 6 heteroatoms. The fraction of sp³-hybridized carbons (Fsp3) is 0.368. The van der Waals surface area contributed by atoms with Crippen molar-refractivity contribution in [1.82, 2.24) is 10.6 Å². The predicted octanol–water partition coefficient (Wildman–Crippen LogP) is 2.78. The first-order valence-corrected chi connectivity index (χ1v) is 9.51. The number of guanidine groups is 1. The number of amides is 1. The zero-order chi connectivity index (χ0) is 17.5. The van der Waals surface area contributed by atoms with E-state index in [1.165, 1.54) is 10.4 Å². The summed E-state index contributed by atoms with van der Waals surface area (Å²) in [7, 11) is 1.76. The fourth-order valence-electron chi connectivity index (χ4n) is 2.98. The minimum absolute atomic E-state index is 0.202. The smallest absolute Gasteiger partial charge is 0.227 e. The molecule has 0 bridgehead atoms. The Hall–Kier alpha value is -2.34. The van der Waals surface area contributed by atoms with Crippen LogP contribution in [-0.2, 0) is 17.8 Å². The van der Waals surface area contributed by atoms with E-state index in [9.17, 15) is 4.79 Å². The van der Waals surface area contributed by atoms with E-state index in [0.29, 0.717) is 6.42 Å². The van der Waals surface area contributed by atoms with Crippen molar-refractivity contribution in [1.29, 1.82) is 0 Å². The van der Waals surface area contributed by atoms with Crippen LogP contribution in [0.5, 0.6) is 0 Å². The number of para-hydroxylation sites is 1. The summed E-state index contributed by atoms with van der Waals surface area (Å²) < 4.78 is 0. The second-order valence-corrected chi connectivity index (χ2v) is 6.99. The second-order valence-electron chi connectivity index (χ2n) is 5.96. The van der Waals surface area contributed by atoms with Crippen LogP contribution in [0.2, 0.25) is 0 Å². The Balaban J connectivity index is 1.38. The average Bonchev–Trinajstić information content (AvgIpc) is 3.30. The first kappa shape index (κ1) is 17.5. The van der Waals surface area contributed by atoms with Crippen molar-refractivity contribution < 1.29 is 4.79 Å². The maximum atomic E-state index is 12.5. The van der Waals surface area contributed by atoms with E-state index in [1.807, 2.05) is 29.2 Å². The molecule has 5 nitrogen and oxygen atoms in total. The number of hydrogen-bond acceptors (Lipinski definition) is 3. The van der Waals surface area contributed by atoms with Crippen LogP contribution in [0.1, 0.15) is 23.3 Å². The Kier molecular flexibility index (Phi) is 6.06. The zero-order valence-electron chi connectivity index (χ0n) is 14.5. The quantitative estimate of drug-likeness (QED) is 0.475. The van der Waals surface area contributed by atoms with Gasteiger partial charge in [-0.15, -0.1) is 11.3 Å². The van der Waals surface area contributed by atoms with Crippen LogP contribution < -0.4 is 15.5 Å². The number of thiophene rings is 1. The molecule has 1 amide bonds. The molecule has 2 N–H and O–H groups in total. The van der Waals surface area contributed by atoms with Crippen LogP contribution in [0, 0.1) is 0 Å². The molecule has 0 aliphatic carbocycles. The lowest BCUT2D eigenvalue weighted by Crippen LogP contribution is -2.37. The third kappa shape index (κ3) is 4.60. The molecular formula is C19H24N4OS. The van der Waals surface area contributed by atoms with E-state index in [0.717, 1.165) is 44.1 Å². The van der Waals surface area contributed by atoms with Gasteiger partial charge in [-0.25, -0.2) is 0 Å². The second kappa shape index (κ2) is 8.67. The van der Waals surface area contributed by atoms with Gasteiger partial charge in [0.15, 0.2) is 5.96 Å². The van der Waals surface area contributed by atoms with E-state index in [4.69, 9.17) is 0 Å². The number of fused-ring (bicyclic) bond motifs is 1. The number of nitrogens with zero attached hydrogens (tertiary/aromatic N) is 2. The SMILES string of the molecule is CN=C(NCCCC(=O)N1CCc2ccccc21)NCc1cccs1. The Labute approximate surface area is 152 Å². The summed E-state index contributed by atoms with van der Waals surface area (Å²) in [5.74, 6) is 0.973. The standard InChI is InChI=1S/C19H24N4OS/c1-20-19(22-14-16-7-5-13-25-16)21-11-4-9-18(24)23-12-10-15-6-2-3-8-17(15)23/h2-3,5-8,13H,4,9-12,14H2,1H3,(H2,20,21,22). The third-order valence-electron chi connectivity index (χ3n) is 4.28. The molecule has 2 heterocycles. The van der Waals surface area contributed by atoms with Crippen LogP contribution >= 0.6 is 11.3 Å². The summed E-state index contributed by atoms with van der Waals surface area (Å²) in [5, 5.41) is 8.62. The highest BCUT2D eigenvalue weighted by Gasteiger charge is 2.23. The van der Waals surface area contributed by atoms with Crippen LogP contribution in [0.15, 0.2) is 46.8 Å². The summed E-state index contributed by atoms with van der Waals surface area (Å²) >= 11 is 1.72. The van der Waals surface area contributed by atoms with E-state index < -0.39 is 0 Å². The summed E-state index contributed by atoms with van der Waals surface area (Å²) in [6.45, 7) is 2.29. The Morgan fingerprint density at radius 2 is 2.12 bits per heavy atom. The van der Waals surface area contributed by atoms with Crippen molar-refractivity contribution in [3.05, 3.63) is 52.2 Å². The molecule has 1 aromatic heterocycles. The monoisotopic (exact) mass is 356 g/mol. The summed E-state index contributed by atoms with van der Waals surface area (Å²) in [6, 6.07) is 12.3. The number of nitrogens with one attached hydrogen (secondary N) is 2. The molecule has 25 heavy (non-hydrogen) atoms.